The fourth-order valence-electron chi connectivity index (χ4n) is 3.85. The van der Waals surface area contributed by atoms with Crippen LogP contribution in [-0.2, 0) is 0 Å². The largest absolute Gasteiger partial charge is 0.351 e. The number of carbonyl (C=O) groups excluding carboxylic acids is 1. The summed E-state index contributed by atoms with van der Waals surface area (Å²) in [5.41, 5.74) is 4.33. The van der Waals surface area contributed by atoms with Crippen molar-refractivity contribution in [3.8, 4) is 16.8 Å². The van der Waals surface area contributed by atoms with Gasteiger partial charge in [-0.2, -0.15) is 0 Å². The fourth-order valence-corrected chi connectivity index (χ4v) is 3.85. The number of nitrogens with one attached hydrogen (secondary N) is 2. The molecule has 4 rings (SSSR count). The zero-order valence-electron chi connectivity index (χ0n) is 17.2. The van der Waals surface area contributed by atoms with E-state index in [0.29, 0.717) is 18.2 Å². The summed E-state index contributed by atoms with van der Waals surface area (Å²) in [5, 5.41) is 14.7. The number of halogens is 1. The lowest BCUT2D eigenvalue weighted by atomic mass is 9.96. The minimum absolute atomic E-state index is 0. The molecule has 1 atom stereocenters. The molecule has 6 nitrogen and oxygen atoms in total. The Labute approximate surface area is 183 Å². The third-order valence-electron chi connectivity index (χ3n) is 5.57. The van der Waals surface area contributed by atoms with Crippen LogP contribution in [0.25, 0.3) is 16.8 Å². The fraction of sp³-hybridized carbons (Fsp3) is 0.348. The van der Waals surface area contributed by atoms with Crippen molar-refractivity contribution in [1.82, 2.24) is 25.6 Å². The summed E-state index contributed by atoms with van der Waals surface area (Å²) in [7, 11) is 0. The molecule has 0 aliphatic carbocycles. The first-order valence-corrected chi connectivity index (χ1v) is 10.3. The van der Waals surface area contributed by atoms with Gasteiger partial charge in [-0.15, -0.1) is 17.5 Å². The van der Waals surface area contributed by atoms with Gasteiger partial charge in [0.05, 0.1) is 11.4 Å². The van der Waals surface area contributed by atoms with Crippen LogP contribution in [0.5, 0.6) is 0 Å². The molecule has 2 N–H and O–H groups in total. The lowest BCUT2D eigenvalue weighted by molar-refractivity contribution is 0.0945. The molecule has 1 aliphatic rings. The van der Waals surface area contributed by atoms with Gasteiger partial charge in [-0.1, -0.05) is 47.7 Å². The highest BCUT2D eigenvalue weighted by Gasteiger charge is 2.18. The highest BCUT2D eigenvalue weighted by molar-refractivity contribution is 5.93. The minimum atomic E-state index is -0.154. The number of benzene rings is 2. The zero-order valence-corrected chi connectivity index (χ0v) is 18.0. The molecule has 1 unspecified atom stereocenters. The minimum Gasteiger partial charge on any atom is -0.351 e. The Balaban J connectivity index is 0.00000256. The Kier molecular flexibility index (Phi) is 7.60. The van der Waals surface area contributed by atoms with E-state index in [1.165, 1.54) is 18.4 Å². The topological polar surface area (TPSA) is 71.8 Å². The smallest absolute Gasteiger partial charge is 0.273 e. The van der Waals surface area contributed by atoms with Crippen molar-refractivity contribution in [1.29, 1.82) is 0 Å². The molecule has 7 heteroatoms. The standard InChI is InChI=1S/C23H27N5O.ClH/c1-17-22(23(29)25-15-13-18-6-5-14-24-16-18)26-27-28(17)21-11-9-20(10-12-21)19-7-3-2-4-8-19;/h2-4,7-12,18,24H,5-6,13-16H2,1H3,(H,25,29);1H. The Bertz CT molecular complexity index is 949. The van der Waals surface area contributed by atoms with Crippen LogP contribution in [-0.4, -0.2) is 40.5 Å². The molecule has 0 bridgehead atoms. The molecule has 0 saturated carbocycles. The van der Waals surface area contributed by atoms with Gasteiger partial charge in [0.1, 0.15) is 0 Å². The first kappa shape index (κ1) is 22.0. The SMILES string of the molecule is Cc1c(C(=O)NCCC2CCCNC2)nnn1-c1ccc(-c2ccccc2)cc1.Cl. The van der Waals surface area contributed by atoms with Gasteiger partial charge >= 0.3 is 0 Å². The van der Waals surface area contributed by atoms with Gasteiger partial charge in [0.25, 0.3) is 5.91 Å². The average molecular weight is 426 g/mol. The van der Waals surface area contributed by atoms with Gasteiger partial charge in [0.15, 0.2) is 5.69 Å². The average Bonchev–Trinajstić information content (AvgIpc) is 3.16. The normalized spacial score (nSPS) is 16.0. The molecule has 2 aromatic carbocycles. The monoisotopic (exact) mass is 425 g/mol. The van der Waals surface area contributed by atoms with E-state index < -0.39 is 0 Å². The molecule has 3 aromatic rings. The summed E-state index contributed by atoms with van der Waals surface area (Å²) in [6.07, 6.45) is 3.44. The number of nitrogens with zero attached hydrogens (tertiary/aromatic N) is 3. The summed E-state index contributed by atoms with van der Waals surface area (Å²) < 4.78 is 1.72. The van der Waals surface area contributed by atoms with E-state index in [1.54, 1.807) is 4.68 Å². The molecule has 158 valence electrons. The number of aromatic nitrogens is 3. The van der Waals surface area contributed by atoms with E-state index in [0.717, 1.165) is 36.5 Å². The summed E-state index contributed by atoms with van der Waals surface area (Å²) in [6, 6.07) is 18.4. The van der Waals surface area contributed by atoms with Gasteiger partial charge in [0, 0.05) is 6.54 Å². The maximum absolute atomic E-state index is 12.5. The lowest BCUT2D eigenvalue weighted by Crippen LogP contribution is -2.33. The van der Waals surface area contributed by atoms with Crippen LogP contribution < -0.4 is 10.6 Å². The molecule has 1 aromatic heterocycles. The maximum Gasteiger partial charge on any atom is 0.273 e. The van der Waals surface area contributed by atoms with E-state index in [1.807, 2.05) is 37.3 Å². The van der Waals surface area contributed by atoms with Crippen LogP contribution in [0.1, 0.15) is 35.4 Å². The Morgan fingerprint density at radius 2 is 1.87 bits per heavy atom. The first-order chi connectivity index (χ1) is 14.2. The highest BCUT2D eigenvalue weighted by Crippen LogP contribution is 2.21. The van der Waals surface area contributed by atoms with Crippen LogP contribution in [0, 0.1) is 12.8 Å². The lowest BCUT2D eigenvalue weighted by Gasteiger charge is -2.22. The van der Waals surface area contributed by atoms with Crippen molar-refractivity contribution >= 4 is 18.3 Å². The molecule has 30 heavy (non-hydrogen) atoms. The zero-order chi connectivity index (χ0) is 20.1. The van der Waals surface area contributed by atoms with Crippen LogP contribution >= 0.6 is 12.4 Å². The van der Waals surface area contributed by atoms with Gasteiger partial charge in [-0.25, -0.2) is 4.68 Å². The van der Waals surface area contributed by atoms with Crippen molar-refractivity contribution in [3.63, 3.8) is 0 Å². The van der Waals surface area contributed by atoms with Crippen molar-refractivity contribution in [2.75, 3.05) is 19.6 Å². The second-order valence-corrected chi connectivity index (χ2v) is 7.61. The molecule has 1 aliphatic heterocycles. The van der Waals surface area contributed by atoms with Gasteiger partial charge in [0.2, 0.25) is 0 Å². The molecule has 1 saturated heterocycles. The van der Waals surface area contributed by atoms with E-state index in [4.69, 9.17) is 0 Å². The van der Waals surface area contributed by atoms with E-state index in [2.05, 4.69) is 45.2 Å². The number of hydrogen-bond acceptors (Lipinski definition) is 4. The highest BCUT2D eigenvalue weighted by atomic mass is 35.5. The van der Waals surface area contributed by atoms with Crippen LogP contribution in [0.3, 0.4) is 0 Å². The number of rotatable bonds is 6. The van der Waals surface area contributed by atoms with Gasteiger partial charge < -0.3 is 10.6 Å². The van der Waals surface area contributed by atoms with E-state index in [9.17, 15) is 4.79 Å². The van der Waals surface area contributed by atoms with Crippen molar-refractivity contribution in [2.24, 2.45) is 5.92 Å². The summed E-state index contributed by atoms with van der Waals surface area (Å²) in [4.78, 5) is 12.5. The number of carbonyl (C=O) groups is 1. The summed E-state index contributed by atoms with van der Waals surface area (Å²) >= 11 is 0. The molecule has 1 fully saturated rings. The first-order valence-electron chi connectivity index (χ1n) is 10.3. The van der Waals surface area contributed by atoms with Crippen LogP contribution in [0.4, 0.5) is 0 Å². The molecule has 0 radical (unpaired) electrons. The van der Waals surface area contributed by atoms with Crippen LogP contribution in [0.15, 0.2) is 54.6 Å². The van der Waals surface area contributed by atoms with Crippen LogP contribution in [0.2, 0.25) is 0 Å². The third-order valence-corrected chi connectivity index (χ3v) is 5.57. The van der Waals surface area contributed by atoms with Gasteiger partial charge in [-0.05, 0) is 68.5 Å². The summed E-state index contributed by atoms with van der Waals surface area (Å²) in [6.45, 7) is 4.70. The predicted octanol–water partition coefficient (Wildman–Crippen LogP) is 3.78. The number of hydrogen-bond donors (Lipinski definition) is 2. The molecule has 2 heterocycles. The molecule has 1 amide bonds. The predicted molar refractivity (Wildman–Crippen MR) is 121 cm³/mol. The number of amides is 1. The Morgan fingerprint density at radius 3 is 2.57 bits per heavy atom. The second-order valence-electron chi connectivity index (χ2n) is 7.61. The van der Waals surface area contributed by atoms with E-state index >= 15 is 0 Å². The Hall–Kier alpha value is -2.70. The number of piperidine rings is 1. The quantitative estimate of drug-likeness (QED) is 0.630. The van der Waals surface area contributed by atoms with Gasteiger partial charge in [-0.3, -0.25) is 4.79 Å². The molecule has 0 spiro atoms. The molecular weight excluding hydrogens is 398 g/mol. The second kappa shape index (κ2) is 10.4. The maximum atomic E-state index is 12.5. The summed E-state index contributed by atoms with van der Waals surface area (Å²) in [5.74, 6) is 0.488. The van der Waals surface area contributed by atoms with E-state index in [-0.39, 0.29) is 18.3 Å². The Morgan fingerprint density at radius 1 is 1.13 bits per heavy atom. The van der Waals surface area contributed by atoms with Crippen molar-refractivity contribution < 1.29 is 4.79 Å². The van der Waals surface area contributed by atoms with Crippen molar-refractivity contribution in [3.05, 3.63) is 66.0 Å². The third kappa shape index (κ3) is 5.07. The molecular formula is C23H28ClN5O. The van der Waals surface area contributed by atoms with Crippen molar-refractivity contribution in [2.45, 2.75) is 26.2 Å².